The van der Waals surface area contributed by atoms with E-state index in [0.29, 0.717) is 126 Å². The van der Waals surface area contributed by atoms with Gasteiger partial charge in [-0.15, -0.1) is 0 Å². The molecule has 216 valence electrons. The zero-order chi connectivity index (χ0) is 26.3. The normalized spacial score (nSPS) is 11.3. The molecule has 1 N–H and O–H groups in total. The first-order chi connectivity index (χ1) is 18.4. The Kier molecular flexibility index (Phi) is 26.5. The van der Waals surface area contributed by atoms with Gasteiger partial charge in [0.2, 0.25) is 0 Å². The summed E-state index contributed by atoms with van der Waals surface area (Å²) in [5.41, 5.74) is 0. The largest absolute Gasteiger partial charge is 0.491 e. The van der Waals surface area contributed by atoms with Crippen LogP contribution in [0.3, 0.4) is 0 Å². The fourth-order valence-electron chi connectivity index (χ4n) is 2.66. The minimum atomic E-state index is 0.0281. The Bertz CT molecular complexity index is 551. The minimum absolute atomic E-state index is 0.0281. The first-order valence-corrected chi connectivity index (χ1v) is 12.9. The predicted molar refractivity (Wildman–Crippen MR) is 136 cm³/mol. The molecule has 0 heterocycles. The van der Waals surface area contributed by atoms with Gasteiger partial charge in [-0.1, -0.05) is 18.2 Å². The van der Waals surface area contributed by atoms with Crippen LogP contribution in [0.1, 0.15) is 0 Å². The second-order valence-electron chi connectivity index (χ2n) is 7.40. The highest BCUT2D eigenvalue weighted by Gasteiger charge is 1.96. The van der Waals surface area contributed by atoms with E-state index in [9.17, 15) is 0 Å². The molecule has 0 radical (unpaired) electrons. The molecule has 0 aliphatic rings. The lowest BCUT2D eigenvalue weighted by molar-refractivity contribution is -0.0258. The fourth-order valence-corrected chi connectivity index (χ4v) is 2.66. The molecule has 1 rings (SSSR count). The van der Waals surface area contributed by atoms with E-state index in [1.54, 1.807) is 0 Å². The van der Waals surface area contributed by atoms with Gasteiger partial charge in [0, 0.05) is 0 Å². The van der Waals surface area contributed by atoms with Crippen LogP contribution in [0.15, 0.2) is 30.3 Å². The van der Waals surface area contributed by atoms with Crippen LogP contribution in [0.25, 0.3) is 0 Å². The maximum absolute atomic E-state index is 8.56. The monoisotopic (exact) mass is 534 g/mol. The molecule has 0 fully saturated rings. The molecule has 0 aromatic heterocycles. The molecular formula is C26H46O11. The van der Waals surface area contributed by atoms with Gasteiger partial charge in [0.05, 0.1) is 126 Å². The Morgan fingerprint density at radius 1 is 0.351 bits per heavy atom. The zero-order valence-corrected chi connectivity index (χ0v) is 22.1. The van der Waals surface area contributed by atoms with Gasteiger partial charge in [0.15, 0.2) is 0 Å². The molecule has 0 aliphatic heterocycles. The molecule has 0 saturated carbocycles. The van der Waals surface area contributed by atoms with E-state index in [2.05, 4.69) is 0 Å². The molecular weight excluding hydrogens is 488 g/mol. The third kappa shape index (κ3) is 26.0. The van der Waals surface area contributed by atoms with Crippen molar-refractivity contribution in [2.75, 3.05) is 132 Å². The van der Waals surface area contributed by atoms with Crippen molar-refractivity contribution >= 4 is 0 Å². The van der Waals surface area contributed by atoms with Crippen molar-refractivity contribution in [3.63, 3.8) is 0 Å². The predicted octanol–water partition coefficient (Wildman–Crippen LogP) is 1.21. The number of benzene rings is 1. The average Bonchev–Trinajstić information content (AvgIpc) is 2.93. The lowest BCUT2D eigenvalue weighted by Gasteiger charge is -2.09. The summed E-state index contributed by atoms with van der Waals surface area (Å²) < 4.78 is 54.0. The van der Waals surface area contributed by atoms with E-state index in [0.717, 1.165) is 5.75 Å². The topological polar surface area (TPSA) is 113 Å². The lowest BCUT2D eigenvalue weighted by atomic mass is 10.3. The van der Waals surface area contributed by atoms with Crippen molar-refractivity contribution in [2.45, 2.75) is 0 Å². The molecule has 0 aliphatic carbocycles. The minimum Gasteiger partial charge on any atom is -0.491 e. The van der Waals surface area contributed by atoms with Gasteiger partial charge in [0.1, 0.15) is 12.4 Å². The summed E-state index contributed by atoms with van der Waals surface area (Å²) in [6.07, 6.45) is 0. The molecule has 37 heavy (non-hydrogen) atoms. The summed E-state index contributed by atoms with van der Waals surface area (Å²) in [5.74, 6) is 0.844. The van der Waals surface area contributed by atoms with Crippen LogP contribution in [0.4, 0.5) is 0 Å². The number of hydrogen-bond donors (Lipinski definition) is 1. The van der Waals surface area contributed by atoms with Gasteiger partial charge >= 0.3 is 0 Å². The van der Waals surface area contributed by atoms with Gasteiger partial charge in [-0.3, -0.25) is 0 Å². The summed E-state index contributed by atoms with van der Waals surface area (Å²) in [6.45, 7) is 9.59. The van der Waals surface area contributed by atoms with Crippen molar-refractivity contribution in [3.8, 4) is 5.75 Å². The Hall–Kier alpha value is -1.38. The van der Waals surface area contributed by atoms with Crippen molar-refractivity contribution in [1.82, 2.24) is 0 Å². The maximum Gasteiger partial charge on any atom is 0.119 e. The number of para-hydroxylation sites is 1. The molecule has 1 aromatic rings. The maximum atomic E-state index is 8.56. The van der Waals surface area contributed by atoms with Crippen LogP contribution in [-0.4, -0.2) is 137 Å². The Labute approximate surface area is 221 Å². The SMILES string of the molecule is OCCOCCOCCOCCOCCOCCOCCOCCOCCOCCOc1ccccc1. The van der Waals surface area contributed by atoms with Crippen molar-refractivity contribution in [2.24, 2.45) is 0 Å². The summed E-state index contributed by atoms with van der Waals surface area (Å²) in [6, 6.07) is 9.66. The summed E-state index contributed by atoms with van der Waals surface area (Å²) in [4.78, 5) is 0. The number of rotatable bonds is 30. The van der Waals surface area contributed by atoms with E-state index in [-0.39, 0.29) is 6.61 Å². The second kappa shape index (κ2) is 29.2. The van der Waals surface area contributed by atoms with Gasteiger partial charge in [-0.05, 0) is 12.1 Å². The molecule has 11 nitrogen and oxygen atoms in total. The Balaban J connectivity index is 1.62. The molecule has 0 saturated heterocycles. The van der Waals surface area contributed by atoms with E-state index < -0.39 is 0 Å². The molecule has 0 amide bonds. The molecule has 0 spiro atoms. The molecule has 0 unspecified atom stereocenters. The van der Waals surface area contributed by atoms with E-state index >= 15 is 0 Å². The molecule has 11 heteroatoms. The van der Waals surface area contributed by atoms with E-state index in [4.69, 9.17) is 52.5 Å². The highest BCUT2D eigenvalue weighted by Crippen LogP contribution is 2.07. The zero-order valence-electron chi connectivity index (χ0n) is 22.1. The van der Waals surface area contributed by atoms with Gasteiger partial charge < -0.3 is 52.5 Å². The van der Waals surface area contributed by atoms with Crippen molar-refractivity contribution in [1.29, 1.82) is 0 Å². The highest BCUT2D eigenvalue weighted by atomic mass is 16.6. The van der Waals surface area contributed by atoms with Gasteiger partial charge in [-0.2, -0.15) is 0 Å². The summed E-state index contributed by atoms with van der Waals surface area (Å²) in [5, 5.41) is 8.56. The van der Waals surface area contributed by atoms with E-state index in [1.165, 1.54) is 0 Å². The molecule has 1 aromatic carbocycles. The fraction of sp³-hybridized carbons (Fsp3) is 0.769. The average molecular weight is 535 g/mol. The van der Waals surface area contributed by atoms with Gasteiger partial charge in [-0.25, -0.2) is 0 Å². The van der Waals surface area contributed by atoms with Gasteiger partial charge in [0.25, 0.3) is 0 Å². The quantitative estimate of drug-likeness (QED) is 0.144. The first-order valence-electron chi connectivity index (χ1n) is 12.9. The van der Waals surface area contributed by atoms with Crippen LogP contribution >= 0.6 is 0 Å². The Morgan fingerprint density at radius 2 is 0.622 bits per heavy atom. The summed E-state index contributed by atoms with van der Waals surface area (Å²) >= 11 is 0. The van der Waals surface area contributed by atoms with Crippen molar-refractivity contribution < 1.29 is 52.5 Å². The molecule has 0 atom stereocenters. The third-order valence-electron chi connectivity index (χ3n) is 4.45. The number of aliphatic hydroxyl groups is 1. The van der Waals surface area contributed by atoms with Crippen LogP contribution in [0.2, 0.25) is 0 Å². The van der Waals surface area contributed by atoms with Crippen molar-refractivity contribution in [3.05, 3.63) is 30.3 Å². The third-order valence-corrected chi connectivity index (χ3v) is 4.45. The smallest absolute Gasteiger partial charge is 0.119 e. The number of ether oxygens (including phenoxy) is 10. The highest BCUT2D eigenvalue weighted by molar-refractivity contribution is 5.20. The standard InChI is InChI=1S/C26H46O11/c27-6-7-28-8-9-29-10-11-30-12-13-31-14-15-32-16-17-33-18-19-34-20-21-35-22-23-36-24-25-37-26-4-2-1-3-5-26/h1-5,27H,6-25H2. The van der Waals surface area contributed by atoms with Crippen LogP contribution in [0.5, 0.6) is 5.75 Å². The molecule has 0 bridgehead atoms. The summed E-state index contributed by atoms with van der Waals surface area (Å²) in [7, 11) is 0. The Morgan fingerprint density at radius 3 is 0.919 bits per heavy atom. The van der Waals surface area contributed by atoms with E-state index in [1.807, 2.05) is 30.3 Å². The number of hydrogen-bond acceptors (Lipinski definition) is 11. The first kappa shape index (κ1) is 33.6. The lowest BCUT2D eigenvalue weighted by Crippen LogP contribution is -2.15. The second-order valence-corrected chi connectivity index (χ2v) is 7.40. The number of aliphatic hydroxyl groups excluding tert-OH is 1. The van der Waals surface area contributed by atoms with Crippen LogP contribution in [0, 0.1) is 0 Å². The van der Waals surface area contributed by atoms with Crippen LogP contribution < -0.4 is 4.74 Å². The van der Waals surface area contributed by atoms with Crippen LogP contribution in [-0.2, 0) is 42.6 Å².